The molecule has 0 bridgehead atoms. The van der Waals surface area contributed by atoms with Gasteiger partial charge in [-0.05, 0) is 31.9 Å². The van der Waals surface area contributed by atoms with Crippen LogP contribution in [-0.4, -0.2) is 29.3 Å². The fourth-order valence-electron chi connectivity index (χ4n) is 2.93. The van der Waals surface area contributed by atoms with Gasteiger partial charge in [0.05, 0.1) is 6.61 Å². The van der Waals surface area contributed by atoms with Crippen LogP contribution < -0.4 is 5.32 Å². The maximum absolute atomic E-state index is 12.2. The summed E-state index contributed by atoms with van der Waals surface area (Å²) in [6, 6.07) is 4.94. The lowest BCUT2D eigenvalue weighted by Gasteiger charge is -2.35. The maximum Gasteiger partial charge on any atom is 0.251 e. The van der Waals surface area contributed by atoms with Gasteiger partial charge in [0, 0.05) is 23.1 Å². The molecule has 1 aliphatic carbocycles. The molecule has 0 aliphatic heterocycles. The zero-order valence-corrected chi connectivity index (χ0v) is 12.0. The summed E-state index contributed by atoms with van der Waals surface area (Å²) >= 11 is 0. The number of aliphatic hydroxyl groups is 1. The third-order valence-electron chi connectivity index (χ3n) is 4.42. The molecular weight excluding hydrogens is 254 g/mol. The van der Waals surface area contributed by atoms with E-state index in [9.17, 15) is 15.0 Å². The molecule has 0 radical (unpaired) electrons. The molecule has 4 heteroatoms. The Bertz CT molecular complexity index is 479. The summed E-state index contributed by atoms with van der Waals surface area (Å²) in [6.45, 7) is 2.34. The summed E-state index contributed by atoms with van der Waals surface area (Å²) in [5, 5.41) is 22.2. The van der Waals surface area contributed by atoms with E-state index in [4.69, 9.17) is 0 Å². The highest BCUT2D eigenvalue weighted by molar-refractivity contribution is 5.96. The highest BCUT2D eigenvalue weighted by Gasteiger charge is 2.31. The van der Waals surface area contributed by atoms with Crippen molar-refractivity contribution < 1.29 is 15.0 Å². The highest BCUT2D eigenvalue weighted by atomic mass is 16.3. The van der Waals surface area contributed by atoms with Crippen LogP contribution in [0.15, 0.2) is 18.2 Å². The van der Waals surface area contributed by atoms with Gasteiger partial charge in [-0.15, -0.1) is 0 Å². The van der Waals surface area contributed by atoms with E-state index in [0.717, 1.165) is 25.7 Å². The van der Waals surface area contributed by atoms with E-state index in [1.807, 2.05) is 0 Å². The van der Waals surface area contributed by atoms with Crippen LogP contribution in [0.25, 0.3) is 0 Å². The molecule has 0 spiro atoms. The van der Waals surface area contributed by atoms with Gasteiger partial charge in [0.2, 0.25) is 0 Å². The smallest absolute Gasteiger partial charge is 0.251 e. The van der Waals surface area contributed by atoms with Crippen LogP contribution in [0, 0.1) is 12.3 Å². The molecule has 1 aromatic rings. The van der Waals surface area contributed by atoms with Crippen molar-refractivity contribution in [1.29, 1.82) is 0 Å². The molecule has 2 rings (SSSR count). The number of benzene rings is 1. The SMILES string of the molecule is Cc1c(O)cccc1C(=O)NCC1(CO)CCCCC1. The number of carbonyl (C=O) groups excluding carboxylic acids is 1. The van der Waals surface area contributed by atoms with Crippen LogP contribution in [0.4, 0.5) is 0 Å². The molecule has 3 N–H and O–H groups in total. The second-order valence-corrected chi connectivity index (χ2v) is 5.85. The number of phenols is 1. The van der Waals surface area contributed by atoms with Crippen molar-refractivity contribution in [1.82, 2.24) is 5.32 Å². The summed E-state index contributed by atoms with van der Waals surface area (Å²) in [4.78, 5) is 12.2. The Morgan fingerprint density at radius 2 is 2.00 bits per heavy atom. The van der Waals surface area contributed by atoms with E-state index in [1.165, 1.54) is 6.42 Å². The minimum Gasteiger partial charge on any atom is -0.508 e. The van der Waals surface area contributed by atoms with E-state index in [0.29, 0.717) is 17.7 Å². The lowest BCUT2D eigenvalue weighted by atomic mass is 9.74. The van der Waals surface area contributed by atoms with Crippen molar-refractivity contribution in [2.75, 3.05) is 13.2 Å². The second kappa shape index (κ2) is 6.27. The zero-order valence-electron chi connectivity index (χ0n) is 12.0. The zero-order chi connectivity index (χ0) is 14.6. The van der Waals surface area contributed by atoms with Gasteiger partial charge in [0.25, 0.3) is 5.91 Å². The summed E-state index contributed by atoms with van der Waals surface area (Å²) < 4.78 is 0. The number of hydrogen-bond acceptors (Lipinski definition) is 3. The van der Waals surface area contributed by atoms with Crippen LogP contribution in [0.1, 0.15) is 48.0 Å². The predicted molar refractivity (Wildman–Crippen MR) is 77.8 cm³/mol. The molecule has 1 aliphatic rings. The van der Waals surface area contributed by atoms with Crippen molar-refractivity contribution in [3.63, 3.8) is 0 Å². The lowest BCUT2D eigenvalue weighted by Crippen LogP contribution is -2.41. The first-order valence-corrected chi connectivity index (χ1v) is 7.26. The maximum atomic E-state index is 12.2. The van der Waals surface area contributed by atoms with Gasteiger partial charge in [-0.25, -0.2) is 0 Å². The number of amides is 1. The lowest BCUT2D eigenvalue weighted by molar-refractivity contribution is 0.0717. The Morgan fingerprint density at radius 1 is 1.30 bits per heavy atom. The molecule has 0 atom stereocenters. The number of aliphatic hydroxyl groups excluding tert-OH is 1. The largest absolute Gasteiger partial charge is 0.508 e. The average molecular weight is 277 g/mol. The average Bonchev–Trinajstić information content (AvgIpc) is 2.48. The summed E-state index contributed by atoms with van der Waals surface area (Å²) in [5.41, 5.74) is 0.916. The number of rotatable bonds is 4. The molecule has 0 saturated heterocycles. The highest BCUT2D eigenvalue weighted by Crippen LogP contribution is 2.35. The molecule has 1 saturated carbocycles. The van der Waals surface area contributed by atoms with Gasteiger partial charge < -0.3 is 15.5 Å². The predicted octanol–water partition coefficient (Wildman–Crippen LogP) is 2.37. The molecule has 0 unspecified atom stereocenters. The molecule has 110 valence electrons. The van der Waals surface area contributed by atoms with Gasteiger partial charge in [-0.3, -0.25) is 4.79 Å². The van der Waals surface area contributed by atoms with E-state index in [2.05, 4.69) is 5.32 Å². The molecule has 0 aromatic heterocycles. The molecule has 20 heavy (non-hydrogen) atoms. The molecule has 4 nitrogen and oxygen atoms in total. The Labute approximate surface area is 119 Å². The molecule has 1 fully saturated rings. The monoisotopic (exact) mass is 277 g/mol. The van der Waals surface area contributed by atoms with Crippen molar-refractivity contribution in [3.05, 3.63) is 29.3 Å². The Kier molecular flexibility index (Phi) is 4.65. The number of aromatic hydroxyl groups is 1. The Hall–Kier alpha value is -1.55. The summed E-state index contributed by atoms with van der Waals surface area (Å²) in [6.07, 6.45) is 5.36. The van der Waals surface area contributed by atoms with Crippen LogP contribution in [0.5, 0.6) is 5.75 Å². The molecular formula is C16H23NO3. The van der Waals surface area contributed by atoms with Gasteiger partial charge in [-0.1, -0.05) is 25.3 Å². The number of carbonyl (C=O) groups is 1. The van der Waals surface area contributed by atoms with Crippen molar-refractivity contribution in [3.8, 4) is 5.75 Å². The summed E-state index contributed by atoms with van der Waals surface area (Å²) in [7, 11) is 0. The molecule has 0 heterocycles. The van der Waals surface area contributed by atoms with E-state index < -0.39 is 0 Å². The third kappa shape index (κ3) is 3.12. The Balaban J connectivity index is 2.02. The van der Waals surface area contributed by atoms with Crippen LogP contribution in [0.2, 0.25) is 0 Å². The minimum atomic E-state index is -0.184. The normalized spacial score (nSPS) is 17.7. The van der Waals surface area contributed by atoms with Gasteiger partial charge in [-0.2, -0.15) is 0 Å². The number of nitrogens with one attached hydrogen (secondary N) is 1. The minimum absolute atomic E-state index is 0.117. The molecule has 1 amide bonds. The number of phenolic OH excluding ortho intramolecular Hbond substituents is 1. The summed E-state index contributed by atoms with van der Waals surface area (Å²) in [5.74, 6) is -0.0519. The first-order chi connectivity index (χ1) is 9.58. The fraction of sp³-hybridized carbons (Fsp3) is 0.562. The van der Waals surface area contributed by atoms with Crippen molar-refractivity contribution in [2.24, 2.45) is 5.41 Å². The van der Waals surface area contributed by atoms with Crippen LogP contribution >= 0.6 is 0 Å². The van der Waals surface area contributed by atoms with E-state index in [1.54, 1.807) is 25.1 Å². The first-order valence-electron chi connectivity index (χ1n) is 7.26. The van der Waals surface area contributed by atoms with Crippen LogP contribution in [0.3, 0.4) is 0 Å². The van der Waals surface area contributed by atoms with Crippen molar-refractivity contribution >= 4 is 5.91 Å². The first kappa shape index (κ1) is 14.9. The second-order valence-electron chi connectivity index (χ2n) is 5.85. The van der Waals surface area contributed by atoms with Gasteiger partial charge in [0.1, 0.15) is 5.75 Å². The molecule has 1 aromatic carbocycles. The fourth-order valence-corrected chi connectivity index (χ4v) is 2.93. The van der Waals surface area contributed by atoms with E-state index >= 15 is 0 Å². The number of hydrogen-bond donors (Lipinski definition) is 3. The van der Waals surface area contributed by atoms with Gasteiger partial charge >= 0.3 is 0 Å². The van der Waals surface area contributed by atoms with E-state index in [-0.39, 0.29) is 23.7 Å². The van der Waals surface area contributed by atoms with Gasteiger partial charge in [0.15, 0.2) is 0 Å². The standard InChI is InChI=1S/C16H23NO3/c1-12-13(6-5-7-14(12)19)15(20)17-10-16(11-18)8-3-2-4-9-16/h5-7,18-19H,2-4,8-11H2,1H3,(H,17,20). The van der Waals surface area contributed by atoms with Crippen LogP contribution in [-0.2, 0) is 0 Å². The quantitative estimate of drug-likeness (QED) is 0.791. The third-order valence-corrected chi connectivity index (χ3v) is 4.42. The Morgan fingerprint density at radius 3 is 2.65 bits per heavy atom. The topological polar surface area (TPSA) is 69.6 Å². The van der Waals surface area contributed by atoms with Crippen molar-refractivity contribution in [2.45, 2.75) is 39.0 Å².